The molecule has 0 saturated carbocycles. The molecule has 0 aromatic rings. The molecule has 0 bridgehead atoms. The summed E-state index contributed by atoms with van der Waals surface area (Å²) >= 11 is 0. The molecule has 0 aliphatic rings. The molecule has 0 fully saturated rings. The highest BCUT2D eigenvalue weighted by molar-refractivity contribution is 4.86. The highest BCUT2D eigenvalue weighted by Crippen LogP contribution is 2.11. The molecule has 0 aliphatic carbocycles. The highest BCUT2D eigenvalue weighted by atomic mass is 16.5. The van der Waals surface area contributed by atoms with Crippen molar-refractivity contribution in [2.75, 3.05) is 0 Å². The first kappa shape index (κ1) is 8.54. The molecule has 0 aromatic heterocycles. The van der Waals surface area contributed by atoms with Crippen LogP contribution in [0.3, 0.4) is 0 Å². The molecule has 0 radical (unpaired) electrons. The van der Waals surface area contributed by atoms with E-state index in [2.05, 4.69) is 0 Å². The van der Waals surface area contributed by atoms with Crippen LogP contribution in [-0.2, 0) is 4.74 Å². The smallest absolute Gasteiger partial charge is 0.100 e. The van der Waals surface area contributed by atoms with Crippen LogP contribution in [-0.4, -0.2) is 5.60 Å². The summed E-state index contributed by atoms with van der Waals surface area (Å²) in [7, 11) is 0. The summed E-state index contributed by atoms with van der Waals surface area (Å²) in [6, 6.07) is 0. The summed E-state index contributed by atoms with van der Waals surface area (Å²) in [5, 5.41) is 0. The molecule has 0 atom stereocenters. The van der Waals surface area contributed by atoms with Crippen molar-refractivity contribution < 1.29 is 4.74 Å². The van der Waals surface area contributed by atoms with Crippen LogP contribution in [0.25, 0.3) is 0 Å². The lowest BCUT2D eigenvalue weighted by Gasteiger charge is -2.21. The van der Waals surface area contributed by atoms with Crippen molar-refractivity contribution in [3.63, 3.8) is 0 Å². The van der Waals surface area contributed by atoms with Gasteiger partial charge in [0.25, 0.3) is 0 Å². The summed E-state index contributed by atoms with van der Waals surface area (Å²) in [5.41, 5.74) is -0.0450. The molecule has 0 amide bonds. The van der Waals surface area contributed by atoms with Crippen molar-refractivity contribution in [2.45, 2.75) is 40.2 Å². The van der Waals surface area contributed by atoms with Crippen LogP contribution in [0.1, 0.15) is 34.6 Å². The third-order valence-corrected chi connectivity index (χ3v) is 0.874. The fourth-order valence-electron chi connectivity index (χ4n) is 0.542. The van der Waals surface area contributed by atoms with Gasteiger partial charge in [0.2, 0.25) is 0 Å². The van der Waals surface area contributed by atoms with Crippen LogP contribution in [0.15, 0.2) is 11.8 Å². The maximum atomic E-state index is 5.45. The van der Waals surface area contributed by atoms with E-state index in [9.17, 15) is 0 Å². The fourth-order valence-corrected chi connectivity index (χ4v) is 0.542. The summed E-state index contributed by atoms with van der Waals surface area (Å²) in [6.45, 7) is 10.1. The number of hydrogen-bond donors (Lipinski definition) is 0. The van der Waals surface area contributed by atoms with E-state index in [4.69, 9.17) is 4.74 Å². The van der Waals surface area contributed by atoms with Crippen molar-refractivity contribution in [2.24, 2.45) is 0 Å². The monoisotopic (exact) mass is 128 g/mol. The summed E-state index contributed by atoms with van der Waals surface area (Å²) in [5.74, 6) is 0.988. The predicted molar refractivity (Wildman–Crippen MR) is 40.3 cm³/mol. The molecule has 0 unspecified atom stereocenters. The molecule has 54 valence electrons. The van der Waals surface area contributed by atoms with E-state index in [1.165, 1.54) is 0 Å². The van der Waals surface area contributed by atoms with E-state index in [0.29, 0.717) is 0 Å². The predicted octanol–water partition coefficient (Wildman–Crippen LogP) is 2.73. The zero-order valence-corrected chi connectivity index (χ0v) is 6.99. The topological polar surface area (TPSA) is 9.23 Å². The zero-order chi connectivity index (χ0) is 7.49. The van der Waals surface area contributed by atoms with Crippen LogP contribution in [0, 0.1) is 0 Å². The second-order valence-corrected chi connectivity index (χ2v) is 3.11. The number of rotatable bonds is 1. The first-order chi connectivity index (χ1) is 3.95. The van der Waals surface area contributed by atoms with Gasteiger partial charge in [0, 0.05) is 0 Å². The van der Waals surface area contributed by atoms with Crippen LogP contribution < -0.4 is 0 Å². The average Bonchev–Trinajstić information content (AvgIpc) is 1.62. The van der Waals surface area contributed by atoms with Gasteiger partial charge in [-0.2, -0.15) is 0 Å². The van der Waals surface area contributed by atoms with Gasteiger partial charge in [-0.15, -0.1) is 0 Å². The molecule has 9 heavy (non-hydrogen) atoms. The van der Waals surface area contributed by atoms with Gasteiger partial charge in [-0.3, -0.25) is 0 Å². The Hall–Kier alpha value is -0.460. The third-order valence-electron chi connectivity index (χ3n) is 0.874. The Morgan fingerprint density at radius 1 is 1.33 bits per heavy atom. The van der Waals surface area contributed by atoms with Gasteiger partial charge in [0.15, 0.2) is 0 Å². The van der Waals surface area contributed by atoms with Crippen LogP contribution >= 0.6 is 0 Å². The van der Waals surface area contributed by atoms with Gasteiger partial charge < -0.3 is 4.74 Å². The minimum absolute atomic E-state index is 0.0450. The van der Waals surface area contributed by atoms with Gasteiger partial charge in [0.05, 0.1) is 5.76 Å². The minimum Gasteiger partial charge on any atom is -0.493 e. The first-order valence-corrected chi connectivity index (χ1v) is 3.27. The zero-order valence-electron chi connectivity index (χ0n) is 6.99. The quantitative estimate of drug-likeness (QED) is 0.493. The van der Waals surface area contributed by atoms with Crippen molar-refractivity contribution in [3.05, 3.63) is 11.8 Å². The Morgan fingerprint density at radius 3 is 1.89 bits per heavy atom. The second-order valence-electron chi connectivity index (χ2n) is 3.11. The van der Waals surface area contributed by atoms with E-state index < -0.39 is 0 Å². The largest absolute Gasteiger partial charge is 0.493 e. The Bertz CT molecular complexity index is 106. The maximum absolute atomic E-state index is 5.45. The molecule has 0 saturated heterocycles. The highest BCUT2D eigenvalue weighted by Gasteiger charge is 2.09. The molecule has 0 N–H and O–H groups in total. The van der Waals surface area contributed by atoms with Gasteiger partial charge in [-0.1, -0.05) is 0 Å². The van der Waals surface area contributed by atoms with Crippen LogP contribution in [0.2, 0.25) is 0 Å². The average molecular weight is 128 g/mol. The maximum Gasteiger partial charge on any atom is 0.100 e. The lowest BCUT2D eigenvalue weighted by atomic mass is 10.2. The fraction of sp³-hybridized carbons (Fsp3) is 0.750. The number of ether oxygens (including phenoxy) is 1. The molecule has 0 heterocycles. The molecule has 1 heteroatoms. The van der Waals surface area contributed by atoms with E-state index in [-0.39, 0.29) is 5.60 Å². The SMILES string of the molecule is CC=C(C)OC(C)(C)C. The van der Waals surface area contributed by atoms with E-state index in [1.807, 2.05) is 40.7 Å². The van der Waals surface area contributed by atoms with E-state index in [1.54, 1.807) is 0 Å². The van der Waals surface area contributed by atoms with Gasteiger partial charge in [-0.05, 0) is 40.7 Å². The Morgan fingerprint density at radius 2 is 1.78 bits per heavy atom. The summed E-state index contributed by atoms with van der Waals surface area (Å²) < 4.78 is 5.45. The Kier molecular flexibility index (Phi) is 2.75. The van der Waals surface area contributed by atoms with Crippen molar-refractivity contribution in [3.8, 4) is 0 Å². The summed E-state index contributed by atoms with van der Waals surface area (Å²) in [4.78, 5) is 0. The van der Waals surface area contributed by atoms with Gasteiger partial charge in [0.1, 0.15) is 5.60 Å². The molecular weight excluding hydrogens is 112 g/mol. The Labute approximate surface area is 57.7 Å². The second kappa shape index (κ2) is 2.90. The molecule has 0 aromatic carbocycles. The number of hydrogen-bond acceptors (Lipinski definition) is 1. The van der Waals surface area contributed by atoms with Gasteiger partial charge in [-0.25, -0.2) is 0 Å². The third kappa shape index (κ3) is 5.41. The van der Waals surface area contributed by atoms with E-state index in [0.717, 1.165) is 5.76 Å². The van der Waals surface area contributed by atoms with Crippen molar-refractivity contribution in [1.82, 2.24) is 0 Å². The molecule has 0 spiro atoms. The van der Waals surface area contributed by atoms with E-state index >= 15 is 0 Å². The number of allylic oxidation sites excluding steroid dienone is 2. The van der Waals surface area contributed by atoms with Crippen molar-refractivity contribution in [1.29, 1.82) is 0 Å². The lowest BCUT2D eigenvalue weighted by molar-refractivity contribution is 0.0531. The standard InChI is InChI=1S/C8H16O/c1-6-7(2)9-8(3,4)5/h6H,1-5H3. The molecule has 1 nitrogen and oxygen atoms in total. The molecule has 0 rings (SSSR count). The lowest BCUT2D eigenvalue weighted by Crippen LogP contribution is -2.17. The molecule has 0 aliphatic heterocycles. The normalized spacial score (nSPS) is 13.7. The Balaban J connectivity index is 3.75. The minimum atomic E-state index is -0.0450. The van der Waals surface area contributed by atoms with Crippen LogP contribution in [0.5, 0.6) is 0 Å². The van der Waals surface area contributed by atoms with Crippen molar-refractivity contribution >= 4 is 0 Å². The molecular formula is C8H16O. The van der Waals surface area contributed by atoms with Crippen LogP contribution in [0.4, 0.5) is 0 Å². The summed E-state index contributed by atoms with van der Waals surface area (Å²) in [6.07, 6.45) is 1.96. The first-order valence-electron chi connectivity index (χ1n) is 3.27. The van der Waals surface area contributed by atoms with Gasteiger partial charge >= 0.3 is 0 Å².